The molecular formula is C65H48N4O2. The molecule has 0 saturated carbocycles. The summed E-state index contributed by atoms with van der Waals surface area (Å²) in [7, 11) is 10.6. The van der Waals surface area contributed by atoms with E-state index >= 15 is 0 Å². The third-order valence-electron chi connectivity index (χ3n) is 15.2. The number of aromatic nitrogens is 3. The average molecular weight is 917 g/mol. The van der Waals surface area contributed by atoms with E-state index in [0.717, 1.165) is 38.5 Å². The van der Waals surface area contributed by atoms with Crippen molar-refractivity contribution < 1.29 is 8.83 Å². The molecule has 340 valence electrons. The summed E-state index contributed by atoms with van der Waals surface area (Å²) in [6, 6.07) is 72.0. The molecule has 5 heterocycles. The molecule has 0 atom stereocenters. The van der Waals surface area contributed by atoms with E-state index in [9.17, 15) is 0 Å². The van der Waals surface area contributed by atoms with E-state index in [1.807, 2.05) is 6.07 Å². The van der Waals surface area contributed by atoms with Gasteiger partial charge < -0.3 is 27.4 Å². The highest BCUT2D eigenvalue weighted by molar-refractivity contribution is 6.17. The van der Waals surface area contributed by atoms with Gasteiger partial charge in [0.15, 0.2) is 0 Å². The molecule has 5 aromatic heterocycles. The fourth-order valence-electron chi connectivity index (χ4n) is 11.6. The Labute approximate surface area is 409 Å². The van der Waals surface area contributed by atoms with Crippen LogP contribution in [0.3, 0.4) is 0 Å². The van der Waals surface area contributed by atoms with Gasteiger partial charge in [-0.1, -0.05) is 103 Å². The molecule has 0 saturated heterocycles. The molecule has 15 rings (SSSR count). The lowest BCUT2D eigenvalue weighted by atomic mass is 9.96. The molecular weight excluding hydrogens is 869 g/mol. The van der Waals surface area contributed by atoms with E-state index in [1.54, 1.807) is 0 Å². The lowest BCUT2D eigenvalue weighted by molar-refractivity contribution is 0.668. The molecule has 0 radical (unpaired) electrons. The number of rotatable bonds is 4. The lowest BCUT2D eigenvalue weighted by Crippen LogP contribution is -2.08. The van der Waals surface area contributed by atoms with Crippen LogP contribution in [0.4, 0.5) is 5.69 Å². The number of nitrogens with zero attached hydrogens (tertiary/aromatic N) is 4. The van der Waals surface area contributed by atoms with Gasteiger partial charge in [-0.3, -0.25) is 0 Å². The predicted molar refractivity (Wildman–Crippen MR) is 300 cm³/mol. The first-order valence-electron chi connectivity index (χ1n) is 24.3. The molecule has 0 amide bonds. The highest BCUT2D eigenvalue weighted by Crippen LogP contribution is 2.42. The average Bonchev–Trinajstić information content (AvgIpc) is 4.20. The van der Waals surface area contributed by atoms with Gasteiger partial charge in [-0.2, -0.15) is 0 Å². The number of para-hydroxylation sites is 3. The molecule has 0 N–H and O–H groups in total. The molecule has 0 aliphatic heterocycles. The minimum atomic E-state index is 0.911. The van der Waals surface area contributed by atoms with Crippen molar-refractivity contribution in [1.29, 1.82) is 0 Å². The number of fused-ring (bicyclic) bond motifs is 15. The maximum Gasteiger partial charge on any atom is 0.137 e. The second kappa shape index (κ2) is 15.5. The third kappa shape index (κ3) is 6.20. The Morgan fingerprint density at radius 1 is 0.296 bits per heavy atom. The largest absolute Gasteiger partial charge is 0.456 e. The van der Waals surface area contributed by atoms with Crippen LogP contribution in [0.25, 0.3) is 143 Å². The standard InChI is InChI=1S/C38H26N2O.C27H22N2O/c1-39-32-11-5-3-8-27(32)29-20-23(14-17-34(29)39)24-16-19-36-31(21-24)38-26(10-7-13-37(38)41-36)25-15-18-35-30(22-25)28-9-4-6-12-33(28)40(35)2;1-28(2)24-9-6-10-26-27(24)21-16-18(12-14-25(21)30-26)17-11-13-23-20(15-17)19-7-4-5-8-22(19)29(23)3/h3-22H,1-2H3;4-16H,1-3H3. The Hall–Kier alpha value is -9.00. The van der Waals surface area contributed by atoms with Crippen molar-refractivity contribution in [2.45, 2.75) is 0 Å². The van der Waals surface area contributed by atoms with Gasteiger partial charge in [0.25, 0.3) is 0 Å². The van der Waals surface area contributed by atoms with Crippen LogP contribution < -0.4 is 4.90 Å². The second-order valence-electron chi connectivity index (χ2n) is 19.3. The lowest BCUT2D eigenvalue weighted by Gasteiger charge is -2.13. The summed E-state index contributed by atoms with van der Waals surface area (Å²) in [5.74, 6) is 0. The number of aryl methyl sites for hydroxylation is 3. The van der Waals surface area contributed by atoms with Crippen LogP contribution in [0.1, 0.15) is 0 Å². The van der Waals surface area contributed by atoms with Crippen molar-refractivity contribution in [2.24, 2.45) is 21.1 Å². The predicted octanol–water partition coefficient (Wildman–Crippen LogP) is 17.2. The Balaban J connectivity index is 0.000000139. The highest BCUT2D eigenvalue weighted by atomic mass is 16.3. The molecule has 0 fully saturated rings. The van der Waals surface area contributed by atoms with E-state index < -0.39 is 0 Å². The first kappa shape index (κ1) is 41.0. The Bertz CT molecular complexity index is 4670. The number of benzene rings is 10. The molecule has 0 aliphatic carbocycles. The van der Waals surface area contributed by atoms with Gasteiger partial charge in [-0.25, -0.2) is 0 Å². The highest BCUT2D eigenvalue weighted by Gasteiger charge is 2.18. The Kier molecular flexibility index (Phi) is 8.96. The van der Waals surface area contributed by atoms with Crippen LogP contribution >= 0.6 is 0 Å². The minimum absolute atomic E-state index is 0.911. The van der Waals surface area contributed by atoms with Crippen LogP contribution in [-0.4, -0.2) is 27.8 Å². The Morgan fingerprint density at radius 2 is 0.662 bits per heavy atom. The summed E-state index contributed by atoms with van der Waals surface area (Å²) in [5, 5.41) is 12.3. The van der Waals surface area contributed by atoms with E-state index in [1.165, 1.54) is 110 Å². The summed E-state index contributed by atoms with van der Waals surface area (Å²) >= 11 is 0. The number of hydrogen-bond acceptors (Lipinski definition) is 3. The molecule has 15 aromatic rings. The monoisotopic (exact) mass is 916 g/mol. The zero-order chi connectivity index (χ0) is 47.6. The maximum atomic E-state index is 6.39. The van der Waals surface area contributed by atoms with Crippen LogP contribution in [0.15, 0.2) is 209 Å². The van der Waals surface area contributed by atoms with Gasteiger partial charge in [-0.15, -0.1) is 0 Å². The summed E-state index contributed by atoms with van der Waals surface area (Å²) in [4.78, 5) is 2.14. The number of furan rings is 2. The third-order valence-corrected chi connectivity index (χ3v) is 15.2. The van der Waals surface area contributed by atoms with Crippen molar-refractivity contribution in [2.75, 3.05) is 19.0 Å². The molecule has 6 heteroatoms. The van der Waals surface area contributed by atoms with Crippen molar-refractivity contribution in [3.8, 4) is 33.4 Å². The fraction of sp³-hybridized carbons (Fsp3) is 0.0769. The van der Waals surface area contributed by atoms with Crippen LogP contribution in [0.5, 0.6) is 0 Å². The molecule has 6 nitrogen and oxygen atoms in total. The summed E-state index contributed by atoms with van der Waals surface area (Å²) in [6.07, 6.45) is 0. The smallest absolute Gasteiger partial charge is 0.137 e. The van der Waals surface area contributed by atoms with Gasteiger partial charge >= 0.3 is 0 Å². The maximum absolute atomic E-state index is 6.39. The first-order valence-corrected chi connectivity index (χ1v) is 24.3. The summed E-state index contributed by atoms with van der Waals surface area (Å²) < 4.78 is 19.4. The van der Waals surface area contributed by atoms with Crippen molar-refractivity contribution in [3.05, 3.63) is 200 Å². The molecule has 71 heavy (non-hydrogen) atoms. The van der Waals surface area contributed by atoms with Gasteiger partial charge in [0, 0.05) is 123 Å². The zero-order valence-electron chi connectivity index (χ0n) is 40.2. The van der Waals surface area contributed by atoms with Crippen LogP contribution in [0, 0.1) is 0 Å². The van der Waals surface area contributed by atoms with E-state index in [4.69, 9.17) is 8.83 Å². The normalized spacial score (nSPS) is 12.0. The molecule has 0 unspecified atom stereocenters. The van der Waals surface area contributed by atoms with Gasteiger partial charge in [-0.05, 0) is 130 Å². The number of anilines is 1. The Morgan fingerprint density at radius 3 is 1.14 bits per heavy atom. The van der Waals surface area contributed by atoms with E-state index in [0.29, 0.717) is 0 Å². The van der Waals surface area contributed by atoms with Crippen molar-refractivity contribution in [3.63, 3.8) is 0 Å². The van der Waals surface area contributed by atoms with Crippen LogP contribution in [-0.2, 0) is 21.1 Å². The van der Waals surface area contributed by atoms with E-state index in [2.05, 4.69) is 248 Å². The quantitative estimate of drug-likeness (QED) is 0.177. The van der Waals surface area contributed by atoms with Crippen molar-refractivity contribution in [1.82, 2.24) is 13.7 Å². The topological polar surface area (TPSA) is 44.3 Å². The first-order chi connectivity index (χ1) is 34.8. The zero-order valence-corrected chi connectivity index (χ0v) is 40.2. The number of hydrogen-bond donors (Lipinski definition) is 0. The van der Waals surface area contributed by atoms with Gasteiger partial charge in [0.1, 0.15) is 22.3 Å². The van der Waals surface area contributed by atoms with Gasteiger partial charge in [0.2, 0.25) is 0 Å². The molecule has 0 aliphatic rings. The fourth-order valence-corrected chi connectivity index (χ4v) is 11.6. The van der Waals surface area contributed by atoms with E-state index in [-0.39, 0.29) is 0 Å². The molecule has 10 aromatic carbocycles. The summed E-state index contributed by atoms with van der Waals surface area (Å²) in [5.41, 5.74) is 19.6. The minimum Gasteiger partial charge on any atom is -0.456 e. The SMILES string of the molecule is CN(C)c1cccc2oc3ccc(-c4ccc5c(c4)c4ccccc4n5C)cc3c12.Cn1c2ccccc2c2cc(-c3ccc4oc5cccc(-c6ccc7c(c6)c6ccccc6n7C)c5c4c3)ccc21. The van der Waals surface area contributed by atoms with Crippen LogP contribution in [0.2, 0.25) is 0 Å². The second-order valence-corrected chi connectivity index (χ2v) is 19.3. The van der Waals surface area contributed by atoms with Gasteiger partial charge in [0.05, 0.1) is 5.39 Å². The summed E-state index contributed by atoms with van der Waals surface area (Å²) in [6.45, 7) is 0. The molecule has 0 spiro atoms. The molecule has 0 bridgehead atoms. The van der Waals surface area contributed by atoms with Crippen molar-refractivity contribution >= 4 is 115 Å².